The summed E-state index contributed by atoms with van der Waals surface area (Å²) < 4.78 is 16.9. The van der Waals surface area contributed by atoms with Crippen LogP contribution in [0.2, 0.25) is 0 Å². The molecule has 1 unspecified atom stereocenters. The highest BCUT2D eigenvalue weighted by atomic mass is 16.6. The van der Waals surface area contributed by atoms with Gasteiger partial charge in [0, 0.05) is 19.3 Å². The molecule has 6 nitrogen and oxygen atoms in total. The molecule has 0 aliphatic heterocycles. The summed E-state index contributed by atoms with van der Waals surface area (Å²) in [6.45, 7) is 6.52. The second-order valence-electron chi connectivity index (χ2n) is 23.1. The van der Waals surface area contributed by atoms with Gasteiger partial charge < -0.3 is 14.2 Å². The summed E-state index contributed by atoms with van der Waals surface area (Å²) in [4.78, 5) is 38.3. The van der Waals surface area contributed by atoms with E-state index in [1.807, 2.05) is 0 Å². The highest BCUT2D eigenvalue weighted by Gasteiger charge is 2.19. The van der Waals surface area contributed by atoms with Gasteiger partial charge >= 0.3 is 17.9 Å². The molecule has 0 aliphatic rings. The zero-order valence-electron chi connectivity index (χ0n) is 52.6. The van der Waals surface area contributed by atoms with Crippen LogP contribution >= 0.6 is 0 Å². The number of carbonyl (C=O) groups is 3. The number of unbranched alkanes of at least 4 members (excludes halogenated alkanes) is 40. The van der Waals surface area contributed by atoms with Crippen molar-refractivity contribution in [3.8, 4) is 0 Å². The maximum absolute atomic E-state index is 12.9. The van der Waals surface area contributed by atoms with Crippen molar-refractivity contribution in [1.82, 2.24) is 0 Å². The quantitative estimate of drug-likeness (QED) is 0.0261. The van der Waals surface area contributed by atoms with E-state index in [0.29, 0.717) is 19.3 Å². The van der Waals surface area contributed by atoms with Crippen LogP contribution in [0.25, 0.3) is 0 Å². The molecule has 0 aromatic rings. The average Bonchev–Trinajstić information content (AvgIpc) is 3.45. The summed E-state index contributed by atoms with van der Waals surface area (Å²) in [5.74, 6) is -0.908. The highest BCUT2D eigenvalue weighted by molar-refractivity contribution is 5.71. The third-order valence-electron chi connectivity index (χ3n) is 15.2. The van der Waals surface area contributed by atoms with Gasteiger partial charge in [0.25, 0.3) is 0 Å². The van der Waals surface area contributed by atoms with Crippen molar-refractivity contribution in [3.05, 3.63) is 72.9 Å². The fraction of sp³-hybridized carbons (Fsp3) is 0.795. The van der Waals surface area contributed by atoms with Gasteiger partial charge in [-0.25, -0.2) is 0 Å². The maximum Gasteiger partial charge on any atom is 0.306 e. The molecule has 0 spiro atoms. The summed E-state index contributed by atoms with van der Waals surface area (Å²) in [5.41, 5.74) is 0. The van der Waals surface area contributed by atoms with Crippen molar-refractivity contribution in [2.24, 2.45) is 0 Å². The van der Waals surface area contributed by atoms with Crippen molar-refractivity contribution in [3.63, 3.8) is 0 Å². The molecule has 0 aromatic heterocycles. The molecule has 1 atom stereocenters. The van der Waals surface area contributed by atoms with Crippen molar-refractivity contribution in [2.75, 3.05) is 13.2 Å². The molecule has 0 aliphatic carbocycles. The standard InChI is InChI=1S/C73H130O6/c1-4-7-10-13-16-19-22-25-27-28-29-30-31-32-33-34-35-36-37-38-39-40-41-42-43-44-46-48-51-54-57-60-63-66-72(75)78-69-70(68-77-71(74)65-62-59-56-53-50-47-24-21-18-15-12-9-6-3)79-73(76)67-64-61-58-55-52-49-45-26-23-20-17-14-11-8-5-2/h9,12,18,21-22,25-26,28-29,45,47,50,70H,4-8,10-11,13-17,19-20,23-24,27,30-44,46,48-49,51-69H2,1-3H3/b12-9-,21-18-,25-22-,29-28-,45-26-,50-47-. The van der Waals surface area contributed by atoms with E-state index in [2.05, 4.69) is 93.7 Å². The van der Waals surface area contributed by atoms with Crippen LogP contribution in [0, 0.1) is 0 Å². The van der Waals surface area contributed by atoms with Crippen LogP contribution in [0.3, 0.4) is 0 Å². The van der Waals surface area contributed by atoms with Crippen LogP contribution < -0.4 is 0 Å². The normalized spacial score (nSPS) is 12.5. The minimum absolute atomic E-state index is 0.0849. The fourth-order valence-corrected chi connectivity index (χ4v) is 10.0. The van der Waals surface area contributed by atoms with Gasteiger partial charge in [0.15, 0.2) is 6.10 Å². The first-order chi connectivity index (χ1) is 39.0. The van der Waals surface area contributed by atoms with E-state index in [4.69, 9.17) is 14.2 Å². The van der Waals surface area contributed by atoms with Gasteiger partial charge in [0.1, 0.15) is 13.2 Å². The van der Waals surface area contributed by atoms with E-state index in [1.54, 1.807) is 0 Å². The number of allylic oxidation sites excluding steroid dienone is 12. The molecule has 0 fully saturated rings. The molecule has 6 heteroatoms. The zero-order valence-corrected chi connectivity index (χ0v) is 52.6. The Morgan fingerprint density at radius 2 is 0.494 bits per heavy atom. The number of hydrogen-bond acceptors (Lipinski definition) is 6. The van der Waals surface area contributed by atoms with Crippen LogP contribution in [-0.2, 0) is 28.6 Å². The predicted molar refractivity (Wildman–Crippen MR) is 344 cm³/mol. The van der Waals surface area contributed by atoms with Crippen LogP contribution in [-0.4, -0.2) is 37.2 Å². The highest BCUT2D eigenvalue weighted by Crippen LogP contribution is 2.17. The predicted octanol–water partition coefficient (Wildman–Crippen LogP) is 23.7. The summed E-state index contributed by atoms with van der Waals surface area (Å²) >= 11 is 0. The maximum atomic E-state index is 12.9. The summed E-state index contributed by atoms with van der Waals surface area (Å²) in [6, 6.07) is 0. The Balaban J connectivity index is 4.12. The van der Waals surface area contributed by atoms with Crippen molar-refractivity contribution < 1.29 is 28.6 Å². The van der Waals surface area contributed by atoms with Gasteiger partial charge in [0.05, 0.1) is 0 Å². The molecule has 0 amide bonds. The van der Waals surface area contributed by atoms with E-state index in [-0.39, 0.29) is 31.1 Å². The largest absolute Gasteiger partial charge is 0.462 e. The molecular formula is C73H130O6. The van der Waals surface area contributed by atoms with E-state index in [1.165, 1.54) is 212 Å². The molecule has 0 saturated heterocycles. The van der Waals surface area contributed by atoms with E-state index < -0.39 is 6.10 Å². The molecule has 0 radical (unpaired) electrons. The van der Waals surface area contributed by atoms with Gasteiger partial charge in [-0.2, -0.15) is 0 Å². The van der Waals surface area contributed by atoms with Crippen molar-refractivity contribution in [1.29, 1.82) is 0 Å². The van der Waals surface area contributed by atoms with Gasteiger partial charge in [-0.05, 0) is 109 Å². The third-order valence-corrected chi connectivity index (χ3v) is 15.2. The summed E-state index contributed by atoms with van der Waals surface area (Å²) in [6.07, 6.45) is 88.1. The lowest BCUT2D eigenvalue weighted by molar-refractivity contribution is -0.167. The van der Waals surface area contributed by atoms with Crippen LogP contribution in [0.1, 0.15) is 355 Å². The van der Waals surface area contributed by atoms with Gasteiger partial charge in [-0.3, -0.25) is 14.4 Å². The second kappa shape index (κ2) is 67.4. The Kier molecular flexibility index (Phi) is 64.7. The lowest BCUT2D eigenvalue weighted by atomic mass is 10.0. The Hall–Kier alpha value is -3.15. The molecule has 79 heavy (non-hydrogen) atoms. The number of ether oxygens (including phenoxy) is 3. The van der Waals surface area contributed by atoms with Crippen LogP contribution in [0.15, 0.2) is 72.9 Å². The van der Waals surface area contributed by atoms with E-state index >= 15 is 0 Å². The van der Waals surface area contributed by atoms with Crippen LogP contribution in [0.4, 0.5) is 0 Å². The Morgan fingerprint density at radius 3 is 0.797 bits per heavy atom. The summed E-state index contributed by atoms with van der Waals surface area (Å²) in [5, 5.41) is 0. The molecule has 458 valence electrons. The lowest BCUT2D eigenvalue weighted by Gasteiger charge is -2.18. The Bertz CT molecular complexity index is 1450. The van der Waals surface area contributed by atoms with Gasteiger partial charge in [-0.15, -0.1) is 0 Å². The smallest absolute Gasteiger partial charge is 0.306 e. The van der Waals surface area contributed by atoms with Gasteiger partial charge in [0.2, 0.25) is 0 Å². The van der Waals surface area contributed by atoms with Crippen molar-refractivity contribution in [2.45, 2.75) is 361 Å². The monoisotopic (exact) mass is 1100 g/mol. The average molecular weight is 1100 g/mol. The first-order valence-electron chi connectivity index (χ1n) is 34.4. The minimum atomic E-state index is -0.791. The molecule has 0 saturated carbocycles. The second-order valence-corrected chi connectivity index (χ2v) is 23.1. The zero-order chi connectivity index (χ0) is 57.1. The molecule has 0 heterocycles. The van der Waals surface area contributed by atoms with Gasteiger partial charge in [-0.1, -0.05) is 299 Å². The SMILES string of the molecule is CC/C=C\C/C=C\C/C=C\CCCCCC(=O)OCC(COC(=O)CCCCCCCCCCCCCCCCCCCCCCC/C=C\C/C=C\CCCCCCC)OC(=O)CCCCCCC/C=C\CCCCCCCC. The molecular weight excluding hydrogens is 973 g/mol. The molecule has 0 bridgehead atoms. The van der Waals surface area contributed by atoms with E-state index in [0.717, 1.165) is 103 Å². The topological polar surface area (TPSA) is 78.9 Å². The molecule has 0 N–H and O–H groups in total. The molecule has 0 rings (SSSR count). The number of hydrogen-bond donors (Lipinski definition) is 0. The number of carbonyl (C=O) groups excluding carboxylic acids is 3. The molecule has 0 aromatic carbocycles. The Labute approximate surface area is 491 Å². The van der Waals surface area contributed by atoms with Crippen LogP contribution in [0.5, 0.6) is 0 Å². The Morgan fingerprint density at radius 1 is 0.266 bits per heavy atom. The first-order valence-corrected chi connectivity index (χ1v) is 34.4. The fourth-order valence-electron chi connectivity index (χ4n) is 10.0. The first kappa shape index (κ1) is 75.8. The van der Waals surface area contributed by atoms with E-state index in [9.17, 15) is 14.4 Å². The van der Waals surface area contributed by atoms with Crippen molar-refractivity contribution >= 4 is 17.9 Å². The summed E-state index contributed by atoms with van der Waals surface area (Å²) in [7, 11) is 0. The third kappa shape index (κ3) is 65.5. The minimum Gasteiger partial charge on any atom is -0.462 e. The number of rotatable bonds is 63. The lowest BCUT2D eigenvalue weighted by Crippen LogP contribution is -2.30. The number of esters is 3.